The molecule has 0 aliphatic carbocycles. The first-order valence-corrected chi connectivity index (χ1v) is 10.8. The molecule has 1 fully saturated rings. The predicted octanol–water partition coefficient (Wildman–Crippen LogP) is 3.58. The van der Waals surface area contributed by atoms with Gasteiger partial charge in [0.2, 0.25) is 6.41 Å². The van der Waals surface area contributed by atoms with Crippen molar-refractivity contribution in [1.82, 2.24) is 19.7 Å². The number of benzene rings is 2. The molecule has 0 unspecified atom stereocenters. The van der Waals surface area contributed by atoms with Gasteiger partial charge in [-0.15, -0.1) is 0 Å². The molecular weight excluding hydrogens is 419 g/mol. The van der Waals surface area contributed by atoms with E-state index in [1.54, 1.807) is 15.6 Å². The van der Waals surface area contributed by atoms with Gasteiger partial charge in [0, 0.05) is 37.8 Å². The van der Waals surface area contributed by atoms with Gasteiger partial charge in [-0.1, -0.05) is 12.1 Å². The van der Waals surface area contributed by atoms with Crippen molar-refractivity contribution in [3.8, 4) is 28.5 Å². The van der Waals surface area contributed by atoms with Gasteiger partial charge < -0.3 is 9.88 Å². The monoisotopic (exact) mass is 442 g/mol. The van der Waals surface area contributed by atoms with Crippen molar-refractivity contribution in [2.45, 2.75) is 12.5 Å². The number of anilines is 1. The highest BCUT2D eigenvalue weighted by Gasteiger charge is 2.27. The minimum absolute atomic E-state index is 0.000202. The summed E-state index contributed by atoms with van der Waals surface area (Å²) >= 11 is 0. The second-order valence-electron chi connectivity index (χ2n) is 8.37. The van der Waals surface area contributed by atoms with Crippen LogP contribution in [0.3, 0.4) is 0 Å². The van der Waals surface area contributed by atoms with Crippen LogP contribution in [0.15, 0.2) is 48.7 Å². The molecule has 0 saturated carbocycles. The van der Waals surface area contributed by atoms with Gasteiger partial charge in [-0.2, -0.15) is 10.4 Å². The maximum absolute atomic E-state index is 14.5. The smallest absolute Gasteiger partial charge is 0.215 e. The molecule has 7 nitrogen and oxygen atoms in total. The Bertz CT molecular complexity index is 1410. The fourth-order valence-corrected chi connectivity index (χ4v) is 4.68. The molecule has 0 spiro atoms. The van der Waals surface area contributed by atoms with Crippen molar-refractivity contribution < 1.29 is 9.18 Å². The summed E-state index contributed by atoms with van der Waals surface area (Å²) < 4.78 is 18.3. The van der Waals surface area contributed by atoms with E-state index in [1.807, 2.05) is 55.2 Å². The number of rotatable bonds is 5. The van der Waals surface area contributed by atoms with Crippen LogP contribution in [0.5, 0.6) is 0 Å². The first-order chi connectivity index (χ1) is 16.0. The van der Waals surface area contributed by atoms with E-state index in [9.17, 15) is 9.18 Å². The first kappa shape index (κ1) is 20.9. The summed E-state index contributed by atoms with van der Waals surface area (Å²) in [6.07, 6.45) is 3.68. The SMILES string of the molecule is Cn1cc2cc(-c3c(-c4ccc(C#N)c(F)c4)cc(N(C=O)[C@@H]4CCNC4)n3C)ccc2n1. The third-order valence-electron chi connectivity index (χ3n) is 6.31. The summed E-state index contributed by atoms with van der Waals surface area (Å²) in [6, 6.07) is 14.5. The third kappa shape index (κ3) is 3.56. The van der Waals surface area contributed by atoms with E-state index in [0.717, 1.165) is 59.5 Å². The Hall–Kier alpha value is -3.96. The van der Waals surface area contributed by atoms with Crippen LogP contribution in [0, 0.1) is 17.1 Å². The van der Waals surface area contributed by atoms with Gasteiger partial charge in [0.25, 0.3) is 0 Å². The number of aromatic nitrogens is 3. The summed E-state index contributed by atoms with van der Waals surface area (Å²) in [6.45, 7) is 1.58. The minimum atomic E-state index is -0.568. The number of aryl methyl sites for hydroxylation is 1. The van der Waals surface area contributed by atoms with Gasteiger partial charge in [0.05, 0.1) is 22.8 Å². The molecule has 1 saturated heterocycles. The number of carbonyl (C=O) groups excluding carboxylic acids is 1. The number of hydrogen-bond donors (Lipinski definition) is 1. The summed E-state index contributed by atoms with van der Waals surface area (Å²) in [5, 5.41) is 17.9. The Morgan fingerprint density at radius 3 is 2.73 bits per heavy atom. The van der Waals surface area contributed by atoms with Crippen LogP contribution in [0.4, 0.5) is 10.2 Å². The Balaban J connectivity index is 1.73. The number of fused-ring (bicyclic) bond motifs is 1. The average molecular weight is 442 g/mol. The van der Waals surface area contributed by atoms with Crippen molar-refractivity contribution in [2.75, 3.05) is 18.0 Å². The maximum Gasteiger partial charge on any atom is 0.215 e. The Morgan fingerprint density at radius 1 is 1.21 bits per heavy atom. The van der Waals surface area contributed by atoms with Gasteiger partial charge in [-0.3, -0.25) is 14.4 Å². The fraction of sp³-hybridized carbons (Fsp3) is 0.240. The van der Waals surface area contributed by atoms with Crippen molar-refractivity contribution in [1.29, 1.82) is 5.26 Å². The number of nitrogens with zero attached hydrogens (tertiary/aromatic N) is 5. The summed E-state index contributed by atoms with van der Waals surface area (Å²) in [5.41, 5.74) is 4.10. The third-order valence-corrected chi connectivity index (χ3v) is 6.31. The first-order valence-electron chi connectivity index (χ1n) is 10.8. The molecule has 2 aromatic heterocycles. The van der Waals surface area contributed by atoms with Crippen LogP contribution in [0.25, 0.3) is 33.3 Å². The Kier molecular flexibility index (Phi) is 5.19. The molecule has 3 heterocycles. The van der Waals surface area contributed by atoms with Crippen LogP contribution < -0.4 is 10.2 Å². The second kappa shape index (κ2) is 8.19. The molecule has 1 N–H and O–H groups in total. The van der Waals surface area contributed by atoms with Gasteiger partial charge >= 0.3 is 0 Å². The zero-order chi connectivity index (χ0) is 23.1. The largest absolute Gasteiger partial charge is 0.330 e. The lowest BCUT2D eigenvalue weighted by atomic mass is 9.99. The molecule has 1 aliphatic heterocycles. The molecule has 1 aliphatic rings. The van der Waals surface area contributed by atoms with Crippen LogP contribution in [-0.4, -0.2) is 39.9 Å². The van der Waals surface area contributed by atoms with Crippen molar-refractivity contribution in [3.63, 3.8) is 0 Å². The number of carbonyl (C=O) groups is 1. The van der Waals surface area contributed by atoms with E-state index in [-0.39, 0.29) is 11.6 Å². The van der Waals surface area contributed by atoms with Crippen molar-refractivity contribution in [3.05, 3.63) is 60.0 Å². The quantitative estimate of drug-likeness (QED) is 0.479. The Labute approximate surface area is 190 Å². The zero-order valence-corrected chi connectivity index (χ0v) is 18.4. The molecule has 166 valence electrons. The number of nitriles is 1. The highest BCUT2D eigenvalue weighted by molar-refractivity contribution is 5.92. The maximum atomic E-state index is 14.5. The van der Waals surface area contributed by atoms with Crippen LogP contribution in [0.1, 0.15) is 12.0 Å². The molecule has 2 aromatic carbocycles. The van der Waals surface area contributed by atoms with Gasteiger partial charge in [-0.05, 0) is 54.4 Å². The van der Waals surface area contributed by atoms with E-state index < -0.39 is 5.82 Å². The van der Waals surface area contributed by atoms with Crippen LogP contribution in [0.2, 0.25) is 0 Å². The van der Waals surface area contributed by atoms with Crippen LogP contribution in [-0.2, 0) is 18.9 Å². The predicted molar refractivity (Wildman–Crippen MR) is 125 cm³/mol. The molecular formula is C25H23FN6O. The normalized spacial score (nSPS) is 15.6. The lowest BCUT2D eigenvalue weighted by molar-refractivity contribution is -0.107. The fourth-order valence-electron chi connectivity index (χ4n) is 4.68. The highest BCUT2D eigenvalue weighted by atomic mass is 19.1. The van der Waals surface area contributed by atoms with Crippen molar-refractivity contribution >= 4 is 23.1 Å². The van der Waals surface area contributed by atoms with Gasteiger partial charge in [0.15, 0.2) is 0 Å². The summed E-state index contributed by atoms with van der Waals surface area (Å²) in [7, 11) is 3.79. The molecule has 5 rings (SSSR count). The molecule has 8 heteroatoms. The van der Waals surface area contributed by atoms with E-state index in [1.165, 1.54) is 12.1 Å². The number of halogens is 1. The highest BCUT2D eigenvalue weighted by Crippen LogP contribution is 2.39. The Morgan fingerprint density at radius 2 is 2.03 bits per heavy atom. The lowest BCUT2D eigenvalue weighted by Crippen LogP contribution is -2.36. The number of nitrogens with one attached hydrogen (secondary N) is 1. The summed E-state index contributed by atoms with van der Waals surface area (Å²) in [4.78, 5) is 13.9. The molecule has 33 heavy (non-hydrogen) atoms. The average Bonchev–Trinajstić information content (AvgIpc) is 3.53. The summed E-state index contributed by atoms with van der Waals surface area (Å²) in [5.74, 6) is 0.168. The van der Waals surface area contributed by atoms with Gasteiger partial charge in [0.1, 0.15) is 17.7 Å². The molecule has 0 radical (unpaired) electrons. The van der Waals surface area contributed by atoms with E-state index in [0.29, 0.717) is 5.56 Å². The standard InChI is InChI=1S/C25H23FN6O/c1-30-14-19-9-17(5-6-23(19)29-30)25-21(16-3-4-18(12-27)22(26)10-16)11-24(31(25)2)32(15-33)20-7-8-28-13-20/h3-6,9-11,14-15,20,28H,7-8,13H2,1-2H3/t20-/m1/s1. The number of amides is 1. The van der Waals surface area contributed by atoms with Crippen LogP contribution >= 0.6 is 0 Å². The van der Waals surface area contributed by atoms with E-state index >= 15 is 0 Å². The molecule has 1 amide bonds. The topological polar surface area (TPSA) is 78.9 Å². The van der Waals surface area contributed by atoms with Gasteiger partial charge in [-0.25, -0.2) is 4.39 Å². The van der Waals surface area contributed by atoms with E-state index in [2.05, 4.69) is 10.4 Å². The molecule has 1 atom stereocenters. The second-order valence-corrected chi connectivity index (χ2v) is 8.37. The zero-order valence-electron chi connectivity index (χ0n) is 18.4. The minimum Gasteiger partial charge on any atom is -0.330 e. The van der Waals surface area contributed by atoms with Crippen molar-refractivity contribution in [2.24, 2.45) is 14.1 Å². The molecule has 0 bridgehead atoms. The van der Waals surface area contributed by atoms with E-state index in [4.69, 9.17) is 5.26 Å². The molecule has 4 aromatic rings. The number of hydrogen-bond acceptors (Lipinski definition) is 4. The lowest BCUT2D eigenvalue weighted by Gasteiger charge is -2.24.